The first-order chi connectivity index (χ1) is 15.6. The van der Waals surface area contributed by atoms with Gasteiger partial charge in [-0.2, -0.15) is 0 Å². The predicted molar refractivity (Wildman–Crippen MR) is 138 cm³/mol. The largest absolute Gasteiger partial charge is 0.463 e. The molecular formula is C31H52O2. The molecule has 8 atom stereocenters. The maximum Gasteiger partial charge on any atom is 0.302 e. The number of carbonyl (C=O) groups is 1. The van der Waals surface area contributed by atoms with Crippen LogP contribution in [0.1, 0.15) is 126 Å². The van der Waals surface area contributed by atoms with Gasteiger partial charge in [-0.1, -0.05) is 65.5 Å². The van der Waals surface area contributed by atoms with Crippen LogP contribution < -0.4 is 0 Å². The molecule has 2 nitrogen and oxygen atoms in total. The van der Waals surface area contributed by atoms with Gasteiger partial charge in [-0.3, -0.25) is 4.79 Å². The summed E-state index contributed by atoms with van der Waals surface area (Å²) in [5, 5.41) is 0. The molecule has 0 heterocycles. The topological polar surface area (TPSA) is 26.3 Å². The van der Waals surface area contributed by atoms with E-state index in [9.17, 15) is 4.79 Å². The second-order valence-electron chi connectivity index (χ2n) is 13.4. The van der Waals surface area contributed by atoms with Crippen LogP contribution >= 0.6 is 0 Å². The molecule has 0 aromatic heterocycles. The zero-order chi connectivity index (χ0) is 24.0. The highest BCUT2D eigenvalue weighted by molar-refractivity contribution is 5.66. The van der Waals surface area contributed by atoms with Crippen LogP contribution in [0.25, 0.3) is 0 Å². The Balaban J connectivity index is 1.49. The summed E-state index contributed by atoms with van der Waals surface area (Å²) in [5.41, 5.74) is 4.70. The molecule has 4 rings (SSSR count). The summed E-state index contributed by atoms with van der Waals surface area (Å²) in [7, 11) is 0. The Hall–Kier alpha value is -0.790. The third kappa shape index (κ3) is 4.58. The van der Waals surface area contributed by atoms with E-state index in [2.05, 4.69) is 41.5 Å². The number of rotatable bonds is 7. The van der Waals surface area contributed by atoms with E-state index in [1.165, 1.54) is 64.2 Å². The van der Waals surface area contributed by atoms with Gasteiger partial charge in [0.15, 0.2) is 0 Å². The van der Waals surface area contributed by atoms with Crippen molar-refractivity contribution in [1.29, 1.82) is 0 Å². The van der Waals surface area contributed by atoms with Gasteiger partial charge in [0.1, 0.15) is 6.10 Å². The van der Waals surface area contributed by atoms with Gasteiger partial charge in [0.25, 0.3) is 0 Å². The lowest BCUT2D eigenvalue weighted by atomic mass is 9.48. The van der Waals surface area contributed by atoms with E-state index >= 15 is 0 Å². The van der Waals surface area contributed by atoms with Crippen LogP contribution in [-0.4, -0.2) is 12.1 Å². The van der Waals surface area contributed by atoms with Crippen LogP contribution in [0.2, 0.25) is 0 Å². The van der Waals surface area contributed by atoms with E-state index in [4.69, 9.17) is 4.74 Å². The maximum absolute atomic E-state index is 11.5. The molecular weight excluding hydrogens is 404 g/mol. The third-order valence-electron chi connectivity index (χ3n) is 11.5. The molecule has 3 saturated carbocycles. The van der Waals surface area contributed by atoms with Crippen molar-refractivity contribution in [1.82, 2.24) is 0 Å². The van der Waals surface area contributed by atoms with Crippen molar-refractivity contribution in [3.05, 3.63) is 11.1 Å². The SMILES string of the molecule is CC[C@H](CC[C@@H](C)[C@@H]1CCC2=C3CC[C@H]4C[C@H](OC(C)=O)CC[C@]4(C)[C@H]3CC[C@]21C)C(C)C. The first-order valence-corrected chi connectivity index (χ1v) is 14.5. The van der Waals surface area contributed by atoms with E-state index in [0.29, 0.717) is 10.8 Å². The fourth-order valence-corrected chi connectivity index (χ4v) is 9.43. The Labute approximate surface area is 204 Å². The second-order valence-corrected chi connectivity index (χ2v) is 13.4. The molecule has 0 unspecified atom stereocenters. The van der Waals surface area contributed by atoms with Crippen LogP contribution in [0.5, 0.6) is 0 Å². The van der Waals surface area contributed by atoms with Gasteiger partial charge in [0, 0.05) is 6.92 Å². The Morgan fingerprint density at radius 2 is 1.79 bits per heavy atom. The van der Waals surface area contributed by atoms with E-state index in [-0.39, 0.29) is 12.1 Å². The molecule has 0 radical (unpaired) electrons. The van der Waals surface area contributed by atoms with E-state index < -0.39 is 0 Å². The average Bonchev–Trinajstić information content (AvgIpc) is 3.11. The van der Waals surface area contributed by atoms with Crippen LogP contribution in [-0.2, 0) is 9.53 Å². The summed E-state index contributed by atoms with van der Waals surface area (Å²) < 4.78 is 5.66. The lowest BCUT2D eigenvalue weighted by Crippen LogP contribution is -2.48. The number of esters is 1. The zero-order valence-electron chi connectivity index (χ0n) is 22.8. The lowest BCUT2D eigenvalue weighted by Gasteiger charge is -2.57. The van der Waals surface area contributed by atoms with Crippen molar-refractivity contribution in [2.24, 2.45) is 46.3 Å². The number of hydrogen-bond donors (Lipinski definition) is 0. The van der Waals surface area contributed by atoms with Crippen LogP contribution in [0, 0.1) is 46.3 Å². The Morgan fingerprint density at radius 3 is 2.45 bits per heavy atom. The molecule has 0 N–H and O–H groups in total. The summed E-state index contributed by atoms with van der Waals surface area (Å²) in [5.74, 6) is 4.87. The fraction of sp³-hybridized carbons (Fsp3) is 0.903. The molecule has 2 heteroatoms. The summed E-state index contributed by atoms with van der Waals surface area (Å²) in [4.78, 5) is 11.5. The van der Waals surface area contributed by atoms with E-state index in [1.54, 1.807) is 6.92 Å². The molecule has 33 heavy (non-hydrogen) atoms. The van der Waals surface area contributed by atoms with Crippen molar-refractivity contribution in [2.45, 2.75) is 132 Å². The number of hydrogen-bond acceptors (Lipinski definition) is 2. The Bertz CT molecular complexity index is 750. The fourth-order valence-electron chi connectivity index (χ4n) is 9.43. The van der Waals surface area contributed by atoms with Crippen molar-refractivity contribution < 1.29 is 9.53 Å². The van der Waals surface area contributed by atoms with Gasteiger partial charge >= 0.3 is 5.97 Å². The van der Waals surface area contributed by atoms with Crippen LogP contribution in [0.15, 0.2) is 11.1 Å². The molecule has 4 aliphatic rings. The molecule has 0 saturated heterocycles. The Kier molecular flexibility index (Phi) is 7.43. The van der Waals surface area contributed by atoms with Crippen molar-refractivity contribution >= 4 is 5.97 Å². The molecule has 3 fully saturated rings. The zero-order valence-corrected chi connectivity index (χ0v) is 22.8. The summed E-state index contributed by atoms with van der Waals surface area (Å²) >= 11 is 0. The summed E-state index contributed by atoms with van der Waals surface area (Å²) in [6, 6.07) is 0. The normalized spacial score (nSPS) is 40.1. The van der Waals surface area contributed by atoms with Gasteiger partial charge in [-0.05, 0) is 111 Å². The Morgan fingerprint density at radius 1 is 1.03 bits per heavy atom. The van der Waals surface area contributed by atoms with Gasteiger partial charge in [0.05, 0.1) is 0 Å². The molecule has 0 aromatic carbocycles. The number of carbonyl (C=O) groups excluding carboxylic acids is 1. The molecule has 0 aromatic rings. The minimum absolute atomic E-state index is 0.0968. The van der Waals surface area contributed by atoms with Gasteiger partial charge < -0.3 is 4.74 Å². The molecule has 0 aliphatic heterocycles. The first-order valence-electron chi connectivity index (χ1n) is 14.5. The number of ether oxygens (including phenoxy) is 1. The molecule has 188 valence electrons. The second kappa shape index (κ2) is 9.69. The maximum atomic E-state index is 11.5. The highest BCUT2D eigenvalue weighted by Gasteiger charge is 2.55. The van der Waals surface area contributed by atoms with Crippen LogP contribution in [0.3, 0.4) is 0 Å². The molecule has 0 spiro atoms. The molecule has 0 amide bonds. The minimum Gasteiger partial charge on any atom is -0.463 e. The first kappa shape index (κ1) is 25.3. The summed E-state index contributed by atoms with van der Waals surface area (Å²) in [6.45, 7) is 16.6. The van der Waals surface area contributed by atoms with Crippen molar-refractivity contribution in [2.75, 3.05) is 0 Å². The average molecular weight is 457 g/mol. The van der Waals surface area contributed by atoms with E-state index in [0.717, 1.165) is 48.3 Å². The number of fused-ring (bicyclic) bond motifs is 4. The monoisotopic (exact) mass is 456 g/mol. The summed E-state index contributed by atoms with van der Waals surface area (Å²) in [6.07, 6.45) is 16.0. The predicted octanol–water partition coefficient (Wildman–Crippen LogP) is 8.74. The number of allylic oxidation sites excluding steroid dienone is 2. The third-order valence-corrected chi connectivity index (χ3v) is 11.5. The highest BCUT2D eigenvalue weighted by Crippen LogP contribution is 2.66. The van der Waals surface area contributed by atoms with Crippen LogP contribution in [0.4, 0.5) is 0 Å². The molecule has 4 aliphatic carbocycles. The quantitative estimate of drug-likeness (QED) is 0.283. The lowest BCUT2D eigenvalue weighted by molar-refractivity contribution is -0.152. The van der Waals surface area contributed by atoms with Gasteiger partial charge in [0.2, 0.25) is 0 Å². The molecule has 0 bridgehead atoms. The van der Waals surface area contributed by atoms with Gasteiger partial charge in [-0.25, -0.2) is 0 Å². The van der Waals surface area contributed by atoms with Crippen molar-refractivity contribution in [3.8, 4) is 0 Å². The minimum atomic E-state index is -0.0968. The van der Waals surface area contributed by atoms with Gasteiger partial charge in [-0.15, -0.1) is 0 Å². The van der Waals surface area contributed by atoms with E-state index in [1.807, 2.05) is 11.1 Å². The highest BCUT2D eigenvalue weighted by atomic mass is 16.5. The van der Waals surface area contributed by atoms with Crippen molar-refractivity contribution in [3.63, 3.8) is 0 Å². The smallest absolute Gasteiger partial charge is 0.302 e. The standard InChI is InChI=1S/C31H52O2/c1-8-23(20(2)3)10-9-21(4)27-13-14-28-26-12-11-24-19-25(33-22(5)32)15-17-30(24,6)29(26)16-18-31(27,28)7/h20-21,23-25,27,29H,8-19H2,1-7H3/t21-,23-,24+,25-,27+,29+,30+,31+/m1/s1.